The van der Waals surface area contributed by atoms with Crippen molar-refractivity contribution in [2.45, 2.75) is 31.9 Å². The molecule has 1 N–H and O–H groups in total. The number of methoxy groups -OCH3 is 1. The van der Waals surface area contributed by atoms with Crippen molar-refractivity contribution in [3.63, 3.8) is 0 Å². The number of ether oxygens (including phenoxy) is 1. The molecule has 4 heteroatoms. The molecule has 19 heavy (non-hydrogen) atoms. The zero-order valence-electron chi connectivity index (χ0n) is 11.3. The topological polar surface area (TPSA) is 47.3 Å². The zero-order valence-corrected chi connectivity index (χ0v) is 11.3. The first-order valence-corrected chi connectivity index (χ1v) is 6.60. The normalized spacial score (nSPS) is 21.4. The minimum atomic E-state index is -0.933. The number of aryl methyl sites for hydroxylation is 2. The predicted molar refractivity (Wildman–Crippen MR) is 72.2 cm³/mol. The van der Waals surface area contributed by atoms with Crippen LogP contribution in [0, 0.1) is 0 Å². The van der Waals surface area contributed by atoms with Gasteiger partial charge in [-0.1, -0.05) is 6.07 Å². The van der Waals surface area contributed by atoms with Crippen LogP contribution < -0.4 is 4.74 Å². The van der Waals surface area contributed by atoms with Crippen molar-refractivity contribution < 1.29 is 9.84 Å². The highest BCUT2D eigenvalue weighted by atomic mass is 16.5. The molecule has 4 nitrogen and oxygen atoms in total. The van der Waals surface area contributed by atoms with Gasteiger partial charge in [0.25, 0.3) is 0 Å². The lowest BCUT2D eigenvalue weighted by Crippen LogP contribution is -2.23. The van der Waals surface area contributed by atoms with Crippen LogP contribution in [0.3, 0.4) is 0 Å². The quantitative estimate of drug-likeness (QED) is 0.917. The van der Waals surface area contributed by atoms with Crippen molar-refractivity contribution in [2.24, 2.45) is 0 Å². The fourth-order valence-corrected chi connectivity index (χ4v) is 2.79. The van der Waals surface area contributed by atoms with E-state index in [1.54, 1.807) is 13.3 Å². The lowest BCUT2D eigenvalue weighted by Gasteiger charge is -2.23. The van der Waals surface area contributed by atoms with Crippen molar-refractivity contribution in [2.75, 3.05) is 7.11 Å². The summed E-state index contributed by atoms with van der Waals surface area (Å²) >= 11 is 0. The largest absolute Gasteiger partial charge is 0.497 e. The minimum Gasteiger partial charge on any atom is -0.497 e. The third kappa shape index (κ3) is 1.83. The van der Waals surface area contributed by atoms with Crippen LogP contribution >= 0.6 is 0 Å². The summed E-state index contributed by atoms with van der Waals surface area (Å²) in [6.07, 6.45) is 5.27. The first kappa shape index (κ1) is 12.2. The Morgan fingerprint density at radius 1 is 1.47 bits per heavy atom. The summed E-state index contributed by atoms with van der Waals surface area (Å²) in [6.45, 7) is 2.84. The van der Waals surface area contributed by atoms with Gasteiger partial charge < -0.3 is 9.84 Å². The number of rotatable bonds is 3. The zero-order chi connectivity index (χ0) is 13.5. The molecular formula is C15H18N2O2. The summed E-state index contributed by atoms with van der Waals surface area (Å²) in [6, 6.07) is 5.92. The fraction of sp³-hybridized carbons (Fsp3) is 0.400. The van der Waals surface area contributed by atoms with Gasteiger partial charge in [0.1, 0.15) is 11.4 Å². The van der Waals surface area contributed by atoms with Crippen LogP contribution in [0.25, 0.3) is 0 Å². The second-order valence-corrected chi connectivity index (χ2v) is 4.97. The summed E-state index contributed by atoms with van der Waals surface area (Å²) in [5.41, 5.74) is 2.06. The van der Waals surface area contributed by atoms with Crippen LogP contribution in [0.2, 0.25) is 0 Å². The molecule has 1 aromatic carbocycles. The Kier molecular flexibility index (Phi) is 2.82. The number of hydrogen-bond donors (Lipinski definition) is 1. The van der Waals surface area contributed by atoms with E-state index < -0.39 is 5.60 Å². The molecule has 1 aliphatic rings. The fourth-order valence-electron chi connectivity index (χ4n) is 2.79. The van der Waals surface area contributed by atoms with Crippen LogP contribution in [0.4, 0.5) is 0 Å². The summed E-state index contributed by atoms with van der Waals surface area (Å²) in [4.78, 5) is 0. The van der Waals surface area contributed by atoms with Crippen LogP contribution in [-0.2, 0) is 18.6 Å². The number of benzene rings is 1. The van der Waals surface area contributed by atoms with Gasteiger partial charge in [-0.2, -0.15) is 5.10 Å². The van der Waals surface area contributed by atoms with E-state index in [0.717, 1.165) is 29.8 Å². The van der Waals surface area contributed by atoms with Crippen molar-refractivity contribution in [1.29, 1.82) is 0 Å². The van der Waals surface area contributed by atoms with E-state index in [2.05, 4.69) is 5.10 Å². The Morgan fingerprint density at radius 2 is 2.32 bits per heavy atom. The minimum absolute atomic E-state index is 0.699. The van der Waals surface area contributed by atoms with E-state index in [1.165, 1.54) is 5.56 Å². The van der Waals surface area contributed by atoms with E-state index in [4.69, 9.17) is 4.74 Å². The monoisotopic (exact) mass is 258 g/mol. The molecule has 2 aromatic rings. The standard InChI is InChI=1S/C15H18N2O2/c1-3-17-10-12(9-16-17)15(18)7-6-11-4-5-13(19-2)8-14(11)15/h4-5,8-10,18H,3,6-7H2,1-2H3. The van der Waals surface area contributed by atoms with Crippen LogP contribution in [0.15, 0.2) is 30.6 Å². The molecule has 1 aliphatic carbocycles. The van der Waals surface area contributed by atoms with E-state index in [9.17, 15) is 5.11 Å². The molecule has 100 valence electrons. The van der Waals surface area contributed by atoms with Gasteiger partial charge in [-0.3, -0.25) is 4.68 Å². The van der Waals surface area contributed by atoms with Crippen molar-refractivity contribution in [3.8, 4) is 5.75 Å². The van der Waals surface area contributed by atoms with Crippen molar-refractivity contribution in [3.05, 3.63) is 47.3 Å². The Hall–Kier alpha value is -1.81. The Labute approximate surface area is 112 Å². The average Bonchev–Trinajstić information content (AvgIpc) is 3.05. The third-order valence-electron chi connectivity index (χ3n) is 3.95. The van der Waals surface area contributed by atoms with Crippen molar-refractivity contribution >= 4 is 0 Å². The highest BCUT2D eigenvalue weighted by Crippen LogP contribution is 2.43. The van der Waals surface area contributed by atoms with E-state index in [1.807, 2.05) is 36.0 Å². The first-order valence-electron chi connectivity index (χ1n) is 6.60. The van der Waals surface area contributed by atoms with Crippen LogP contribution in [-0.4, -0.2) is 22.0 Å². The molecule has 3 rings (SSSR count). The summed E-state index contributed by atoms with van der Waals surface area (Å²) in [5.74, 6) is 0.780. The molecule has 0 fully saturated rings. The molecule has 0 aliphatic heterocycles. The van der Waals surface area contributed by atoms with E-state index in [0.29, 0.717) is 6.42 Å². The van der Waals surface area contributed by atoms with Gasteiger partial charge in [-0.05, 0) is 43.0 Å². The number of fused-ring (bicyclic) bond motifs is 1. The predicted octanol–water partition coefficient (Wildman–Crippen LogP) is 2.09. The van der Waals surface area contributed by atoms with Gasteiger partial charge in [-0.25, -0.2) is 0 Å². The Bertz CT molecular complexity index is 606. The van der Waals surface area contributed by atoms with Crippen LogP contribution in [0.5, 0.6) is 5.75 Å². The molecule has 1 heterocycles. The molecule has 1 unspecified atom stereocenters. The number of hydrogen-bond acceptors (Lipinski definition) is 3. The van der Waals surface area contributed by atoms with Gasteiger partial charge in [-0.15, -0.1) is 0 Å². The molecule has 1 aromatic heterocycles. The Morgan fingerprint density at radius 3 is 3.00 bits per heavy atom. The molecular weight excluding hydrogens is 240 g/mol. The summed E-state index contributed by atoms with van der Waals surface area (Å²) in [5, 5.41) is 15.3. The van der Waals surface area contributed by atoms with Crippen LogP contribution in [0.1, 0.15) is 30.0 Å². The second kappa shape index (κ2) is 4.38. The molecule has 0 spiro atoms. The first-order chi connectivity index (χ1) is 9.17. The van der Waals surface area contributed by atoms with Gasteiger partial charge >= 0.3 is 0 Å². The lowest BCUT2D eigenvalue weighted by molar-refractivity contribution is 0.0826. The van der Waals surface area contributed by atoms with Gasteiger partial charge in [0.05, 0.1) is 13.3 Å². The smallest absolute Gasteiger partial charge is 0.119 e. The summed E-state index contributed by atoms with van der Waals surface area (Å²) in [7, 11) is 1.64. The average molecular weight is 258 g/mol. The van der Waals surface area contributed by atoms with Gasteiger partial charge in [0.2, 0.25) is 0 Å². The number of nitrogens with zero attached hydrogens (tertiary/aromatic N) is 2. The number of aliphatic hydroxyl groups is 1. The SMILES string of the molecule is CCn1cc(C2(O)CCc3ccc(OC)cc32)cn1. The van der Waals surface area contributed by atoms with Crippen molar-refractivity contribution in [1.82, 2.24) is 9.78 Å². The summed E-state index contributed by atoms with van der Waals surface area (Å²) < 4.78 is 7.10. The Balaban J connectivity index is 2.08. The highest BCUT2D eigenvalue weighted by molar-refractivity contribution is 5.47. The molecule has 1 atom stereocenters. The molecule has 0 bridgehead atoms. The highest BCUT2D eigenvalue weighted by Gasteiger charge is 2.39. The van der Waals surface area contributed by atoms with E-state index in [-0.39, 0.29) is 0 Å². The molecule has 0 radical (unpaired) electrons. The number of aromatic nitrogens is 2. The molecule has 0 saturated carbocycles. The van der Waals surface area contributed by atoms with E-state index >= 15 is 0 Å². The maximum Gasteiger partial charge on any atom is 0.119 e. The van der Waals surface area contributed by atoms with Gasteiger partial charge in [0, 0.05) is 18.3 Å². The maximum absolute atomic E-state index is 11.0. The van der Waals surface area contributed by atoms with Gasteiger partial charge in [0.15, 0.2) is 0 Å². The second-order valence-electron chi connectivity index (χ2n) is 4.97. The molecule has 0 amide bonds. The maximum atomic E-state index is 11.0. The molecule has 0 saturated heterocycles. The third-order valence-corrected chi connectivity index (χ3v) is 3.95. The lowest BCUT2D eigenvalue weighted by atomic mass is 9.90.